The Kier molecular flexibility index (Phi) is 4.79. The molecule has 2 aliphatic heterocycles. The number of allylic oxidation sites excluding steroid dienone is 1. The Hall–Kier alpha value is -1.32. The molecular formula is C25H35NO2. The van der Waals surface area contributed by atoms with Crippen LogP contribution in [0.3, 0.4) is 0 Å². The molecule has 1 aromatic carbocycles. The third kappa shape index (κ3) is 2.85. The van der Waals surface area contributed by atoms with Gasteiger partial charge in [0.1, 0.15) is 5.75 Å². The highest BCUT2D eigenvalue weighted by atomic mass is 16.5. The van der Waals surface area contributed by atoms with Crippen molar-refractivity contribution in [2.24, 2.45) is 23.2 Å². The van der Waals surface area contributed by atoms with Gasteiger partial charge < -0.3 is 9.47 Å². The van der Waals surface area contributed by atoms with Gasteiger partial charge in [0.15, 0.2) is 0 Å². The smallest absolute Gasteiger partial charge is 0.123 e. The monoisotopic (exact) mass is 381 g/mol. The van der Waals surface area contributed by atoms with Crippen LogP contribution in [-0.2, 0) is 11.3 Å². The fourth-order valence-electron chi connectivity index (χ4n) is 6.94. The van der Waals surface area contributed by atoms with E-state index in [-0.39, 0.29) is 6.10 Å². The SMILES string of the molecule is C=C1[C@@H]2C[C@@H]3[C@@H](c4ccc(OC)c(CN5CCCCC5)c4)OCC[C@@]3(C2)[C@@H]1C. The Morgan fingerprint density at radius 3 is 2.82 bits per heavy atom. The molecule has 2 heterocycles. The molecule has 0 radical (unpaired) electrons. The van der Waals surface area contributed by atoms with Crippen molar-refractivity contribution < 1.29 is 9.47 Å². The first-order chi connectivity index (χ1) is 13.6. The lowest BCUT2D eigenvalue weighted by Crippen LogP contribution is -2.42. The summed E-state index contributed by atoms with van der Waals surface area (Å²) in [6.07, 6.45) is 8.07. The number of methoxy groups -OCH3 is 1. The van der Waals surface area contributed by atoms with Gasteiger partial charge >= 0.3 is 0 Å². The van der Waals surface area contributed by atoms with E-state index in [1.807, 2.05) is 0 Å². The summed E-state index contributed by atoms with van der Waals surface area (Å²) in [7, 11) is 1.80. The molecule has 152 valence electrons. The first-order valence-electron chi connectivity index (χ1n) is 11.3. The van der Waals surface area contributed by atoms with Gasteiger partial charge in [-0.15, -0.1) is 0 Å². The van der Waals surface area contributed by atoms with Crippen molar-refractivity contribution >= 4 is 0 Å². The van der Waals surface area contributed by atoms with Crippen LogP contribution in [0.5, 0.6) is 5.75 Å². The van der Waals surface area contributed by atoms with Crippen molar-refractivity contribution in [1.82, 2.24) is 4.90 Å². The second kappa shape index (κ2) is 7.18. The van der Waals surface area contributed by atoms with E-state index in [4.69, 9.17) is 9.47 Å². The Bertz CT molecular complexity index is 753. The normalized spacial score (nSPS) is 37.9. The summed E-state index contributed by atoms with van der Waals surface area (Å²) in [6.45, 7) is 11.2. The fourth-order valence-corrected chi connectivity index (χ4v) is 6.94. The summed E-state index contributed by atoms with van der Waals surface area (Å²) in [5.74, 6) is 3.03. The van der Waals surface area contributed by atoms with Crippen molar-refractivity contribution in [3.8, 4) is 5.75 Å². The van der Waals surface area contributed by atoms with Crippen LogP contribution < -0.4 is 4.74 Å². The van der Waals surface area contributed by atoms with Crippen LogP contribution in [0.2, 0.25) is 0 Å². The van der Waals surface area contributed by atoms with Gasteiger partial charge in [-0.1, -0.05) is 31.6 Å². The minimum absolute atomic E-state index is 0.236. The van der Waals surface area contributed by atoms with Crippen molar-refractivity contribution in [3.63, 3.8) is 0 Å². The molecule has 2 saturated carbocycles. The third-order valence-corrected chi connectivity index (χ3v) is 8.55. The van der Waals surface area contributed by atoms with Crippen LogP contribution in [-0.4, -0.2) is 31.7 Å². The van der Waals surface area contributed by atoms with Crippen molar-refractivity contribution in [1.29, 1.82) is 0 Å². The number of nitrogens with zero attached hydrogens (tertiary/aromatic N) is 1. The molecule has 1 spiro atoms. The highest BCUT2D eigenvalue weighted by molar-refractivity contribution is 5.39. The number of benzene rings is 1. The van der Waals surface area contributed by atoms with Gasteiger partial charge in [-0.05, 0) is 86.1 Å². The van der Waals surface area contributed by atoms with E-state index in [2.05, 4.69) is 36.6 Å². The molecule has 3 nitrogen and oxygen atoms in total. The number of likely N-dealkylation sites (tertiary alicyclic amines) is 1. The largest absolute Gasteiger partial charge is 0.496 e. The van der Waals surface area contributed by atoms with E-state index in [9.17, 15) is 0 Å². The van der Waals surface area contributed by atoms with Crippen molar-refractivity contribution in [3.05, 3.63) is 41.5 Å². The van der Waals surface area contributed by atoms with Crippen molar-refractivity contribution in [2.45, 2.75) is 58.1 Å². The summed E-state index contributed by atoms with van der Waals surface area (Å²) in [6, 6.07) is 6.82. The molecule has 4 fully saturated rings. The topological polar surface area (TPSA) is 21.7 Å². The molecule has 2 bridgehead atoms. The number of hydrogen-bond acceptors (Lipinski definition) is 3. The molecule has 0 aromatic heterocycles. The van der Waals surface area contributed by atoms with Crippen molar-refractivity contribution in [2.75, 3.05) is 26.8 Å². The van der Waals surface area contributed by atoms with Crippen LogP contribution in [0.1, 0.15) is 62.7 Å². The molecule has 2 saturated heterocycles. The van der Waals surface area contributed by atoms with Gasteiger partial charge in [-0.2, -0.15) is 0 Å². The molecule has 28 heavy (non-hydrogen) atoms. The maximum absolute atomic E-state index is 6.44. The van der Waals surface area contributed by atoms with Crippen LogP contribution in [0.4, 0.5) is 0 Å². The molecule has 0 N–H and O–H groups in total. The Balaban J connectivity index is 1.43. The zero-order valence-corrected chi connectivity index (χ0v) is 17.6. The molecule has 4 aliphatic rings. The first-order valence-corrected chi connectivity index (χ1v) is 11.3. The minimum atomic E-state index is 0.236. The average Bonchev–Trinajstić information content (AvgIpc) is 3.23. The van der Waals surface area contributed by atoms with Crippen LogP contribution >= 0.6 is 0 Å². The molecule has 0 unspecified atom stereocenters. The number of fused-ring (bicyclic) bond motifs is 1. The van der Waals surface area contributed by atoms with E-state index in [1.165, 1.54) is 68.3 Å². The average molecular weight is 382 g/mol. The zero-order chi connectivity index (χ0) is 19.3. The predicted molar refractivity (Wildman–Crippen MR) is 112 cm³/mol. The summed E-state index contributed by atoms with van der Waals surface area (Å²) in [5.41, 5.74) is 4.63. The fraction of sp³-hybridized carbons (Fsp3) is 0.680. The number of rotatable bonds is 4. The second-order valence-electron chi connectivity index (χ2n) is 9.72. The summed E-state index contributed by atoms with van der Waals surface area (Å²) >= 11 is 0. The number of hydrogen-bond donors (Lipinski definition) is 0. The first kappa shape index (κ1) is 18.7. The van der Waals surface area contributed by atoms with Gasteiger partial charge in [0.25, 0.3) is 0 Å². The Labute approximate surface area is 170 Å². The molecule has 0 amide bonds. The minimum Gasteiger partial charge on any atom is -0.496 e. The van der Waals surface area contributed by atoms with Crippen LogP contribution in [0.25, 0.3) is 0 Å². The summed E-state index contributed by atoms with van der Waals surface area (Å²) in [5, 5.41) is 0. The molecule has 2 aliphatic carbocycles. The van der Waals surface area contributed by atoms with Gasteiger partial charge in [0.05, 0.1) is 13.2 Å². The lowest BCUT2D eigenvalue weighted by atomic mass is 9.62. The molecule has 5 rings (SSSR count). The lowest BCUT2D eigenvalue weighted by Gasteiger charge is -2.48. The van der Waals surface area contributed by atoms with Crippen LogP contribution in [0.15, 0.2) is 30.4 Å². The summed E-state index contributed by atoms with van der Waals surface area (Å²) in [4.78, 5) is 2.58. The maximum atomic E-state index is 6.44. The standard InChI is InChI=1S/C25H35NO2/c1-17-18(2)25-9-12-28-24(22(25)14-20(17)15-25)19-7-8-23(27-3)21(13-19)16-26-10-5-4-6-11-26/h7-8,13,18,20,22,24H,1,4-6,9-12,14-16H2,2-3H3/t18-,20-,22-,24-,25-/m1/s1. The molecular weight excluding hydrogens is 346 g/mol. The van der Waals surface area contributed by atoms with E-state index >= 15 is 0 Å². The predicted octanol–water partition coefficient (Wildman–Crippen LogP) is 5.36. The summed E-state index contributed by atoms with van der Waals surface area (Å²) < 4.78 is 12.2. The van der Waals surface area contributed by atoms with E-state index < -0.39 is 0 Å². The highest BCUT2D eigenvalue weighted by Crippen LogP contribution is 2.68. The van der Waals surface area contributed by atoms with Gasteiger partial charge in [-0.25, -0.2) is 0 Å². The second-order valence-corrected chi connectivity index (χ2v) is 9.72. The molecule has 1 aromatic rings. The zero-order valence-electron chi connectivity index (χ0n) is 17.6. The Morgan fingerprint density at radius 2 is 2.07 bits per heavy atom. The highest BCUT2D eigenvalue weighted by Gasteiger charge is 2.61. The van der Waals surface area contributed by atoms with E-state index in [0.717, 1.165) is 24.8 Å². The maximum Gasteiger partial charge on any atom is 0.123 e. The molecule has 5 atom stereocenters. The van der Waals surface area contributed by atoms with Gasteiger partial charge in [0, 0.05) is 18.7 Å². The quantitative estimate of drug-likeness (QED) is 0.655. The van der Waals surface area contributed by atoms with Gasteiger partial charge in [-0.3, -0.25) is 4.90 Å². The Morgan fingerprint density at radius 1 is 1.25 bits per heavy atom. The number of piperidine rings is 1. The van der Waals surface area contributed by atoms with Gasteiger partial charge in [0.2, 0.25) is 0 Å². The number of ether oxygens (including phenoxy) is 2. The third-order valence-electron chi connectivity index (χ3n) is 8.55. The molecule has 3 heteroatoms. The van der Waals surface area contributed by atoms with E-state index in [0.29, 0.717) is 17.3 Å². The van der Waals surface area contributed by atoms with E-state index in [1.54, 1.807) is 7.11 Å². The van der Waals surface area contributed by atoms with Crippen LogP contribution in [0, 0.1) is 23.2 Å². The lowest BCUT2D eigenvalue weighted by molar-refractivity contribution is -0.106.